The van der Waals surface area contributed by atoms with Crippen molar-refractivity contribution in [2.24, 2.45) is 0 Å². The van der Waals surface area contributed by atoms with Gasteiger partial charge in [0.1, 0.15) is 6.04 Å². The predicted octanol–water partition coefficient (Wildman–Crippen LogP) is 5.27. The standard InChI is InChI=1S/C25H24Cl2N2O2/c1-18(25(31)28-16-21-12-13-22(26)15-23(21)27)29(17-20-10-6-3-7-11-20)24(30)14-19-8-4-2-5-9-19/h2-13,15,18H,14,16-17H2,1H3,(H,28,31). The molecule has 2 amide bonds. The highest BCUT2D eigenvalue weighted by Crippen LogP contribution is 2.21. The number of nitrogens with one attached hydrogen (secondary N) is 1. The highest BCUT2D eigenvalue weighted by molar-refractivity contribution is 6.35. The Hall–Kier alpha value is -2.82. The molecule has 0 aliphatic carbocycles. The molecule has 0 fully saturated rings. The maximum absolute atomic E-state index is 13.1. The lowest BCUT2D eigenvalue weighted by Gasteiger charge is -2.29. The van der Waals surface area contributed by atoms with Crippen molar-refractivity contribution in [1.29, 1.82) is 0 Å². The molecule has 3 aromatic rings. The summed E-state index contributed by atoms with van der Waals surface area (Å²) in [7, 11) is 0. The first kappa shape index (κ1) is 22.9. The molecular formula is C25H24Cl2N2O2. The predicted molar refractivity (Wildman–Crippen MR) is 125 cm³/mol. The normalized spacial score (nSPS) is 11.6. The van der Waals surface area contributed by atoms with Gasteiger partial charge < -0.3 is 10.2 Å². The lowest BCUT2D eigenvalue weighted by Crippen LogP contribution is -2.48. The van der Waals surface area contributed by atoms with Gasteiger partial charge in [-0.2, -0.15) is 0 Å². The van der Waals surface area contributed by atoms with E-state index in [-0.39, 0.29) is 24.8 Å². The van der Waals surface area contributed by atoms with Crippen LogP contribution in [-0.4, -0.2) is 22.8 Å². The van der Waals surface area contributed by atoms with Crippen molar-refractivity contribution in [3.05, 3.63) is 106 Å². The maximum atomic E-state index is 13.1. The molecule has 0 saturated carbocycles. The van der Waals surface area contributed by atoms with Gasteiger partial charge in [-0.15, -0.1) is 0 Å². The Morgan fingerprint density at radius 3 is 2.13 bits per heavy atom. The summed E-state index contributed by atoms with van der Waals surface area (Å²) in [5.74, 6) is -0.356. The number of hydrogen-bond donors (Lipinski definition) is 1. The van der Waals surface area contributed by atoms with Gasteiger partial charge in [-0.3, -0.25) is 9.59 Å². The number of carbonyl (C=O) groups is 2. The number of halogens is 2. The van der Waals surface area contributed by atoms with Gasteiger partial charge in [0.25, 0.3) is 0 Å². The van der Waals surface area contributed by atoms with Crippen LogP contribution >= 0.6 is 23.2 Å². The Balaban J connectivity index is 1.73. The Morgan fingerprint density at radius 1 is 0.903 bits per heavy atom. The van der Waals surface area contributed by atoms with Gasteiger partial charge in [0, 0.05) is 23.1 Å². The van der Waals surface area contributed by atoms with Crippen LogP contribution in [0, 0.1) is 0 Å². The van der Waals surface area contributed by atoms with Crippen LogP contribution in [0.1, 0.15) is 23.6 Å². The van der Waals surface area contributed by atoms with Gasteiger partial charge in [-0.25, -0.2) is 0 Å². The zero-order valence-corrected chi connectivity index (χ0v) is 18.7. The molecule has 4 nitrogen and oxygen atoms in total. The molecule has 0 radical (unpaired) electrons. The van der Waals surface area contributed by atoms with Gasteiger partial charge in [0.05, 0.1) is 6.42 Å². The molecule has 3 aromatic carbocycles. The van der Waals surface area contributed by atoms with Crippen LogP contribution in [0.15, 0.2) is 78.9 Å². The van der Waals surface area contributed by atoms with Gasteiger partial charge in [0.15, 0.2) is 0 Å². The Morgan fingerprint density at radius 2 is 1.52 bits per heavy atom. The number of hydrogen-bond acceptors (Lipinski definition) is 2. The van der Waals surface area contributed by atoms with E-state index in [0.29, 0.717) is 16.6 Å². The quantitative estimate of drug-likeness (QED) is 0.503. The summed E-state index contributed by atoms with van der Waals surface area (Å²) in [4.78, 5) is 27.7. The van der Waals surface area contributed by atoms with Crippen LogP contribution < -0.4 is 5.32 Å². The van der Waals surface area contributed by atoms with Crippen LogP contribution in [0.3, 0.4) is 0 Å². The molecule has 0 aliphatic rings. The number of carbonyl (C=O) groups excluding carboxylic acids is 2. The smallest absolute Gasteiger partial charge is 0.242 e. The second-order valence-corrected chi connectivity index (χ2v) is 8.14. The van der Waals surface area contributed by atoms with E-state index in [1.54, 1.807) is 30.0 Å². The van der Waals surface area contributed by atoms with Crippen molar-refractivity contribution in [2.75, 3.05) is 0 Å². The van der Waals surface area contributed by atoms with Crippen LogP contribution in [0.4, 0.5) is 0 Å². The van der Waals surface area contributed by atoms with Crippen molar-refractivity contribution in [3.63, 3.8) is 0 Å². The van der Waals surface area contributed by atoms with Crippen LogP contribution in [0.25, 0.3) is 0 Å². The molecule has 0 heterocycles. The minimum absolute atomic E-state index is 0.109. The van der Waals surface area contributed by atoms with Gasteiger partial charge >= 0.3 is 0 Å². The number of benzene rings is 3. The van der Waals surface area contributed by atoms with Gasteiger partial charge in [-0.05, 0) is 35.7 Å². The summed E-state index contributed by atoms with van der Waals surface area (Å²) in [6, 6.07) is 23.7. The first-order valence-corrected chi connectivity index (χ1v) is 10.8. The summed E-state index contributed by atoms with van der Waals surface area (Å²) in [6.07, 6.45) is 0.230. The SMILES string of the molecule is CC(C(=O)NCc1ccc(Cl)cc1Cl)N(Cc1ccccc1)C(=O)Cc1ccccc1. The van der Waals surface area contributed by atoms with Crippen LogP contribution in [0.5, 0.6) is 0 Å². The Bertz CT molecular complexity index is 1030. The fraction of sp³-hybridized carbons (Fsp3) is 0.200. The van der Waals surface area contributed by atoms with E-state index >= 15 is 0 Å². The largest absolute Gasteiger partial charge is 0.350 e. The molecule has 3 rings (SSSR count). The Labute approximate surface area is 192 Å². The third-order valence-electron chi connectivity index (χ3n) is 5.03. The van der Waals surface area contributed by atoms with Crippen molar-refractivity contribution in [2.45, 2.75) is 32.5 Å². The summed E-state index contributed by atoms with van der Waals surface area (Å²) in [5, 5.41) is 3.91. The first-order valence-electron chi connectivity index (χ1n) is 10.0. The number of nitrogens with zero attached hydrogens (tertiary/aromatic N) is 1. The van der Waals surface area contributed by atoms with Crippen molar-refractivity contribution in [1.82, 2.24) is 10.2 Å². The minimum Gasteiger partial charge on any atom is -0.350 e. The summed E-state index contributed by atoms with van der Waals surface area (Å²) in [5.41, 5.74) is 2.63. The average molecular weight is 455 g/mol. The third kappa shape index (κ3) is 6.58. The topological polar surface area (TPSA) is 49.4 Å². The van der Waals surface area contributed by atoms with E-state index in [1.165, 1.54) is 0 Å². The molecule has 0 saturated heterocycles. The van der Waals surface area contributed by atoms with Crippen LogP contribution in [0.2, 0.25) is 10.0 Å². The van der Waals surface area contributed by atoms with Crippen LogP contribution in [-0.2, 0) is 29.1 Å². The molecule has 160 valence electrons. The molecule has 1 N–H and O–H groups in total. The van der Waals surface area contributed by atoms with Crippen molar-refractivity contribution >= 4 is 35.0 Å². The molecule has 0 aromatic heterocycles. The van der Waals surface area contributed by atoms with E-state index in [2.05, 4.69) is 5.32 Å². The third-order valence-corrected chi connectivity index (χ3v) is 5.62. The van der Waals surface area contributed by atoms with E-state index in [4.69, 9.17) is 23.2 Å². The molecule has 0 bridgehead atoms. The summed E-state index contributed by atoms with van der Waals surface area (Å²) >= 11 is 12.1. The van der Waals surface area contributed by atoms with E-state index < -0.39 is 6.04 Å². The fourth-order valence-electron chi connectivity index (χ4n) is 3.23. The number of amides is 2. The molecule has 0 aliphatic heterocycles. The molecule has 31 heavy (non-hydrogen) atoms. The average Bonchev–Trinajstić information content (AvgIpc) is 2.77. The second kappa shape index (κ2) is 11.0. The van der Waals surface area contributed by atoms with Gasteiger partial charge in [-0.1, -0.05) is 89.9 Å². The zero-order chi connectivity index (χ0) is 22.2. The van der Waals surface area contributed by atoms with E-state index in [1.807, 2.05) is 60.7 Å². The highest BCUT2D eigenvalue weighted by atomic mass is 35.5. The Kier molecular flexibility index (Phi) is 8.10. The van der Waals surface area contributed by atoms with E-state index in [0.717, 1.165) is 16.7 Å². The van der Waals surface area contributed by atoms with E-state index in [9.17, 15) is 9.59 Å². The lowest BCUT2D eigenvalue weighted by atomic mass is 10.1. The van der Waals surface area contributed by atoms with Gasteiger partial charge in [0.2, 0.25) is 11.8 Å². The molecule has 1 atom stereocenters. The first-order chi connectivity index (χ1) is 14.9. The highest BCUT2D eigenvalue weighted by Gasteiger charge is 2.26. The fourth-order valence-corrected chi connectivity index (χ4v) is 3.71. The minimum atomic E-state index is -0.650. The monoisotopic (exact) mass is 454 g/mol. The van der Waals surface area contributed by atoms with Crippen molar-refractivity contribution < 1.29 is 9.59 Å². The molecule has 0 spiro atoms. The number of rotatable bonds is 8. The molecule has 1 unspecified atom stereocenters. The molecule has 6 heteroatoms. The maximum Gasteiger partial charge on any atom is 0.242 e. The lowest BCUT2D eigenvalue weighted by molar-refractivity contribution is -0.140. The van der Waals surface area contributed by atoms with Crippen molar-refractivity contribution in [3.8, 4) is 0 Å². The summed E-state index contributed by atoms with van der Waals surface area (Å²) < 4.78 is 0. The molecular weight excluding hydrogens is 431 g/mol. The summed E-state index contributed by atoms with van der Waals surface area (Å²) in [6.45, 7) is 2.35. The second-order valence-electron chi connectivity index (χ2n) is 7.30. The zero-order valence-electron chi connectivity index (χ0n) is 17.2.